The zero-order valence-electron chi connectivity index (χ0n) is 6.68. The van der Waals surface area contributed by atoms with Gasteiger partial charge in [0.05, 0.1) is 13.2 Å². The highest BCUT2D eigenvalue weighted by Gasteiger charge is 2.25. The summed E-state index contributed by atoms with van der Waals surface area (Å²) in [4.78, 5) is 2.51. The van der Waals surface area contributed by atoms with E-state index in [2.05, 4.69) is 10.2 Å². The molecule has 0 amide bonds. The van der Waals surface area contributed by atoms with Gasteiger partial charge in [0.15, 0.2) is 0 Å². The van der Waals surface area contributed by atoms with Crippen LogP contribution in [-0.2, 0) is 4.74 Å². The molecule has 0 aromatic heterocycles. The summed E-state index contributed by atoms with van der Waals surface area (Å²) >= 11 is 0. The molecule has 0 aliphatic carbocycles. The van der Waals surface area contributed by atoms with Crippen molar-refractivity contribution >= 4 is 0 Å². The van der Waals surface area contributed by atoms with Crippen molar-refractivity contribution in [3.8, 4) is 0 Å². The SMILES string of the molecule is C1CN(C2CNC2)CCO1.O. The van der Waals surface area contributed by atoms with Gasteiger partial charge in [-0.3, -0.25) is 4.90 Å². The van der Waals surface area contributed by atoms with E-state index in [9.17, 15) is 0 Å². The van der Waals surface area contributed by atoms with E-state index >= 15 is 0 Å². The monoisotopic (exact) mass is 160 g/mol. The molecule has 0 radical (unpaired) electrons. The molecule has 0 atom stereocenters. The molecule has 2 aliphatic heterocycles. The second kappa shape index (κ2) is 4.01. The Hall–Kier alpha value is -0.160. The van der Waals surface area contributed by atoms with Gasteiger partial charge in [-0.1, -0.05) is 0 Å². The van der Waals surface area contributed by atoms with Gasteiger partial charge in [-0.25, -0.2) is 0 Å². The summed E-state index contributed by atoms with van der Waals surface area (Å²) in [7, 11) is 0. The highest BCUT2D eigenvalue weighted by atomic mass is 16.5. The van der Waals surface area contributed by atoms with Crippen LogP contribution in [0.4, 0.5) is 0 Å². The van der Waals surface area contributed by atoms with Crippen molar-refractivity contribution in [2.45, 2.75) is 6.04 Å². The first kappa shape index (κ1) is 8.93. The third kappa shape index (κ3) is 1.90. The average molecular weight is 160 g/mol. The van der Waals surface area contributed by atoms with E-state index in [4.69, 9.17) is 4.74 Å². The van der Waals surface area contributed by atoms with Crippen molar-refractivity contribution in [1.29, 1.82) is 0 Å². The Morgan fingerprint density at radius 2 is 1.82 bits per heavy atom. The van der Waals surface area contributed by atoms with E-state index in [0.29, 0.717) is 0 Å². The third-order valence-corrected chi connectivity index (χ3v) is 2.32. The molecule has 0 spiro atoms. The molecule has 4 heteroatoms. The van der Waals surface area contributed by atoms with Crippen LogP contribution in [-0.4, -0.2) is 55.8 Å². The van der Waals surface area contributed by atoms with Crippen molar-refractivity contribution in [3.63, 3.8) is 0 Å². The van der Waals surface area contributed by atoms with Gasteiger partial charge in [-0.2, -0.15) is 0 Å². The molecular formula is C7H16N2O2. The van der Waals surface area contributed by atoms with Gasteiger partial charge in [-0.15, -0.1) is 0 Å². The van der Waals surface area contributed by atoms with Gasteiger partial charge in [0.2, 0.25) is 0 Å². The summed E-state index contributed by atoms with van der Waals surface area (Å²) in [6.07, 6.45) is 0. The fourth-order valence-electron chi connectivity index (χ4n) is 1.47. The van der Waals surface area contributed by atoms with Crippen LogP contribution in [0.3, 0.4) is 0 Å². The molecular weight excluding hydrogens is 144 g/mol. The van der Waals surface area contributed by atoms with Crippen LogP contribution < -0.4 is 5.32 Å². The molecule has 3 N–H and O–H groups in total. The Bertz CT molecular complexity index is 111. The lowest BCUT2D eigenvalue weighted by Gasteiger charge is -2.40. The number of nitrogens with zero attached hydrogens (tertiary/aromatic N) is 1. The Labute approximate surface area is 66.8 Å². The second-order valence-corrected chi connectivity index (χ2v) is 2.96. The second-order valence-electron chi connectivity index (χ2n) is 2.96. The number of hydrogen-bond acceptors (Lipinski definition) is 3. The first-order chi connectivity index (χ1) is 4.97. The van der Waals surface area contributed by atoms with Crippen molar-refractivity contribution < 1.29 is 10.2 Å². The summed E-state index contributed by atoms with van der Waals surface area (Å²) < 4.78 is 5.26. The molecule has 66 valence electrons. The molecule has 0 saturated carbocycles. The quantitative estimate of drug-likeness (QED) is 0.506. The lowest BCUT2D eigenvalue weighted by atomic mass is 10.1. The van der Waals surface area contributed by atoms with Gasteiger partial charge in [0.25, 0.3) is 0 Å². The molecule has 4 nitrogen and oxygen atoms in total. The summed E-state index contributed by atoms with van der Waals surface area (Å²) in [5, 5.41) is 3.28. The first-order valence-electron chi connectivity index (χ1n) is 3.99. The number of ether oxygens (including phenoxy) is 1. The van der Waals surface area contributed by atoms with Crippen LogP contribution >= 0.6 is 0 Å². The van der Waals surface area contributed by atoms with E-state index in [-0.39, 0.29) is 5.48 Å². The average Bonchev–Trinajstić information content (AvgIpc) is 1.86. The standard InChI is InChI=1S/C7H14N2O.H2O/c1-3-10-4-2-9(1)7-5-8-6-7;/h7-8H,1-6H2;1H2. The summed E-state index contributed by atoms with van der Waals surface area (Å²) in [6.45, 7) is 6.48. The molecule has 0 unspecified atom stereocenters. The smallest absolute Gasteiger partial charge is 0.0594 e. The zero-order chi connectivity index (χ0) is 6.81. The minimum Gasteiger partial charge on any atom is -0.412 e. The van der Waals surface area contributed by atoms with Crippen molar-refractivity contribution in [2.75, 3.05) is 39.4 Å². The highest BCUT2D eigenvalue weighted by molar-refractivity contribution is 4.85. The predicted molar refractivity (Wildman–Crippen MR) is 42.7 cm³/mol. The first-order valence-corrected chi connectivity index (χ1v) is 3.99. The fraction of sp³-hybridized carbons (Fsp3) is 1.00. The molecule has 2 aliphatic rings. The van der Waals surface area contributed by atoms with Gasteiger partial charge < -0.3 is 15.5 Å². The van der Waals surface area contributed by atoms with Gasteiger partial charge >= 0.3 is 0 Å². The predicted octanol–water partition coefficient (Wildman–Crippen LogP) is -1.53. The van der Waals surface area contributed by atoms with Crippen molar-refractivity contribution in [1.82, 2.24) is 10.2 Å². The molecule has 2 fully saturated rings. The molecule has 11 heavy (non-hydrogen) atoms. The van der Waals surface area contributed by atoms with Crippen molar-refractivity contribution in [3.05, 3.63) is 0 Å². The minimum absolute atomic E-state index is 0. The Morgan fingerprint density at radius 1 is 1.18 bits per heavy atom. The summed E-state index contributed by atoms with van der Waals surface area (Å²) in [5.74, 6) is 0. The lowest BCUT2D eigenvalue weighted by molar-refractivity contribution is 0.00509. The molecule has 2 rings (SSSR count). The minimum atomic E-state index is 0. The largest absolute Gasteiger partial charge is 0.412 e. The van der Waals surface area contributed by atoms with Crippen LogP contribution in [0, 0.1) is 0 Å². The van der Waals surface area contributed by atoms with E-state index < -0.39 is 0 Å². The van der Waals surface area contributed by atoms with Crippen LogP contribution in [0.5, 0.6) is 0 Å². The Balaban J connectivity index is 0.000000605. The highest BCUT2D eigenvalue weighted by Crippen LogP contribution is 2.06. The van der Waals surface area contributed by atoms with Crippen LogP contribution in [0.25, 0.3) is 0 Å². The molecule has 2 heterocycles. The van der Waals surface area contributed by atoms with Crippen molar-refractivity contribution in [2.24, 2.45) is 0 Å². The summed E-state index contributed by atoms with van der Waals surface area (Å²) in [5.41, 5.74) is 0. The van der Waals surface area contributed by atoms with E-state index in [1.165, 1.54) is 13.1 Å². The van der Waals surface area contributed by atoms with Gasteiger partial charge in [-0.05, 0) is 0 Å². The van der Waals surface area contributed by atoms with Crippen LogP contribution in [0.15, 0.2) is 0 Å². The maximum Gasteiger partial charge on any atom is 0.0594 e. The maximum atomic E-state index is 5.26. The lowest BCUT2D eigenvalue weighted by Crippen LogP contribution is -2.59. The number of hydrogen-bond donors (Lipinski definition) is 1. The topological polar surface area (TPSA) is 56.0 Å². The molecule has 0 bridgehead atoms. The molecule has 0 aromatic rings. The van der Waals surface area contributed by atoms with Crippen LogP contribution in [0.1, 0.15) is 0 Å². The summed E-state index contributed by atoms with van der Waals surface area (Å²) in [6, 6.07) is 0.809. The number of rotatable bonds is 1. The number of nitrogens with one attached hydrogen (secondary N) is 1. The van der Waals surface area contributed by atoms with Gasteiger partial charge in [0, 0.05) is 32.2 Å². The van der Waals surface area contributed by atoms with E-state index in [1.807, 2.05) is 0 Å². The Kier molecular flexibility index (Phi) is 3.26. The molecule has 2 saturated heterocycles. The van der Waals surface area contributed by atoms with Crippen LogP contribution in [0.2, 0.25) is 0 Å². The number of morpholine rings is 1. The Morgan fingerprint density at radius 3 is 2.27 bits per heavy atom. The molecule has 0 aromatic carbocycles. The van der Waals surface area contributed by atoms with E-state index in [0.717, 1.165) is 32.3 Å². The maximum absolute atomic E-state index is 5.26. The third-order valence-electron chi connectivity index (χ3n) is 2.32. The van der Waals surface area contributed by atoms with E-state index in [1.54, 1.807) is 0 Å². The normalized spacial score (nSPS) is 27.3. The zero-order valence-corrected chi connectivity index (χ0v) is 6.68. The van der Waals surface area contributed by atoms with Gasteiger partial charge in [0.1, 0.15) is 0 Å². The fourth-order valence-corrected chi connectivity index (χ4v) is 1.47.